The van der Waals surface area contributed by atoms with Gasteiger partial charge in [-0.3, -0.25) is 14.4 Å². The Bertz CT molecular complexity index is 229. The molecule has 0 aromatic heterocycles. The smallest absolute Gasteiger partial charge is 0.334 e. The topological polar surface area (TPSA) is 78.9 Å². The zero-order valence-electron chi connectivity index (χ0n) is 6.94. The molecule has 1 saturated heterocycles. The lowest BCUT2D eigenvalue weighted by atomic mass is 10.1. The van der Waals surface area contributed by atoms with E-state index in [9.17, 15) is 14.4 Å². The average Bonchev–Trinajstić information content (AvgIpc) is 2.04. The first kappa shape index (κ1) is 9.50. The summed E-state index contributed by atoms with van der Waals surface area (Å²) in [7, 11) is 0. The molecule has 0 bridgehead atoms. The number of hydrogen-bond acceptors (Lipinski definition) is 6. The Balaban J connectivity index is 2.68. The molecule has 0 radical (unpaired) electrons. The quantitative estimate of drug-likeness (QED) is 0.418. The number of carbonyl (C=O) groups is 3. The van der Waals surface area contributed by atoms with Crippen LogP contribution in [0.4, 0.5) is 0 Å². The van der Waals surface area contributed by atoms with Gasteiger partial charge in [-0.25, -0.2) is 0 Å². The van der Waals surface area contributed by atoms with Crippen molar-refractivity contribution >= 4 is 17.9 Å². The predicted octanol–water partition coefficient (Wildman–Crippen LogP) is -0.777. The monoisotopic (exact) mass is 188 g/mol. The molecule has 0 aromatic carbocycles. The van der Waals surface area contributed by atoms with E-state index >= 15 is 0 Å². The minimum absolute atomic E-state index is 0.0931. The Morgan fingerprint density at radius 2 is 2.00 bits per heavy atom. The van der Waals surface area contributed by atoms with Gasteiger partial charge in [0.1, 0.15) is 0 Å². The van der Waals surface area contributed by atoms with Gasteiger partial charge in [0.05, 0.1) is 6.61 Å². The van der Waals surface area contributed by atoms with Gasteiger partial charge in [0.25, 0.3) is 5.92 Å². The number of esters is 3. The summed E-state index contributed by atoms with van der Waals surface area (Å²) in [6.45, 7) is 1.22. The van der Waals surface area contributed by atoms with E-state index in [4.69, 9.17) is 0 Å². The standard InChI is InChI=1S/C7H8O6/c1-2-11-5(8)4-6(9)12-3-13-7(4)10/h4H,2-3H2,1H3. The van der Waals surface area contributed by atoms with Crippen molar-refractivity contribution in [3.8, 4) is 0 Å². The van der Waals surface area contributed by atoms with Gasteiger partial charge >= 0.3 is 17.9 Å². The Kier molecular flexibility index (Phi) is 2.84. The van der Waals surface area contributed by atoms with Crippen LogP contribution in [0.25, 0.3) is 0 Å². The van der Waals surface area contributed by atoms with Crippen molar-refractivity contribution in [2.45, 2.75) is 6.92 Å². The third kappa shape index (κ3) is 1.95. The fourth-order valence-corrected chi connectivity index (χ4v) is 0.827. The largest absolute Gasteiger partial charge is 0.465 e. The van der Waals surface area contributed by atoms with Crippen molar-refractivity contribution in [1.29, 1.82) is 0 Å². The first-order valence-electron chi connectivity index (χ1n) is 3.66. The van der Waals surface area contributed by atoms with Crippen molar-refractivity contribution < 1.29 is 28.6 Å². The van der Waals surface area contributed by atoms with Gasteiger partial charge in [-0.1, -0.05) is 0 Å². The highest BCUT2D eigenvalue weighted by atomic mass is 16.7. The van der Waals surface area contributed by atoms with Gasteiger partial charge in [0.15, 0.2) is 0 Å². The molecule has 13 heavy (non-hydrogen) atoms. The molecule has 72 valence electrons. The van der Waals surface area contributed by atoms with E-state index < -0.39 is 30.6 Å². The van der Waals surface area contributed by atoms with Gasteiger partial charge in [0.2, 0.25) is 6.79 Å². The Morgan fingerprint density at radius 3 is 2.46 bits per heavy atom. The van der Waals surface area contributed by atoms with Crippen LogP contribution in [-0.2, 0) is 28.6 Å². The number of rotatable bonds is 2. The van der Waals surface area contributed by atoms with Gasteiger partial charge in [0, 0.05) is 0 Å². The van der Waals surface area contributed by atoms with E-state index in [1.807, 2.05) is 0 Å². The minimum atomic E-state index is -1.58. The molecule has 1 rings (SSSR count). The molecule has 0 aliphatic carbocycles. The maximum absolute atomic E-state index is 11.0. The maximum Gasteiger partial charge on any atom is 0.334 e. The summed E-state index contributed by atoms with van der Waals surface area (Å²) >= 11 is 0. The van der Waals surface area contributed by atoms with Crippen LogP contribution in [0, 0.1) is 5.92 Å². The molecule has 1 heterocycles. The molecule has 6 nitrogen and oxygen atoms in total. The number of ether oxygens (including phenoxy) is 3. The summed E-state index contributed by atoms with van der Waals surface area (Å²) in [6, 6.07) is 0. The van der Waals surface area contributed by atoms with Crippen LogP contribution in [-0.4, -0.2) is 31.3 Å². The molecule has 1 fully saturated rings. The fourth-order valence-electron chi connectivity index (χ4n) is 0.827. The SMILES string of the molecule is CCOC(=O)C1C(=O)OCOC1=O. The van der Waals surface area contributed by atoms with Crippen LogP contribution in [0.1, 0.15) is 6.92 Å². The highest BCUT2D eigenvalue weighted by Crippen LogP contribution is 2.10. The van der Waals surface area contributed by atoms with Crippen molar-refractivity contribution in [2.24, 2.45) is 5.92 Å². The van der Waals surface area contributed by atoms with Crippen molar-refractivity contribution in [1.82, 2.24) is 0 Å². The summed E-state index contributed by atoms with van der Waals surface area (Å²) in [4.78, 5) is 32.8. The molecule has 0 amide bonds. The van der Waals surface area contributed by atoms with Crippen LogP contribution in [0.2, 0.25) is 0 Å². The fraction of sp³-hybridized carbons (Fsp3) is 0.571. The third-order valence-electron chi connectivity index (χ3n) is 1.40. The van der Waals surface area contributed by atoms with Crippen LogP contribution in [0.3, 0.4) is 0 Å². The molecule has 0 saturated carbocycles. The van der Waals surface area contributed by atoms with E-state index in [2.05, 4.69) is 14.2 Å². The van der Waals surface area contributed by atoms with Gasteiger partial charge in [-0.15, -0.1) is 0 Å². The second kappa shape index (κ2) is 3.88. The Hall–Kier alpha value is -1.59. The molecule has 0 N–H and O–H groups in total. The van der Waals surface area contributed by atoms with E-state index in [0.717, 1.165) is 0 Å². The lowest BCUT2D eigenvalue weighted by molar-refractivity contribution is -0.194. The molecule has 1 aliphatic heterocycles. The third-order valence-corrected chi connectivity index (χ3v) is 1.40. The van der Waals surface area contributed by atoms with Crippen LogP contribution < -0.4 is 0 Å². The summed E-state index contributed by atoms with van der Waals surface area (Å²) in [6.07, 6.45) is 0. The molecular weight excluding hydrogens is 180 g/mol. The van der Waals surface area contributed by atoms with E-state index in [-0.39, 0.29) is 6.61 Å². The summed E-state index contributed by atoms with van der Waals surface area (Å²) < 4.78 is 13.2. The van der Waals surface area contributed by atoms with Crippen LogP contribution in [0.5, 0.6) is 0 Å². The molecule has 0 unspecified atom stereocenters. The van der Waals surface area contributed by atoms with Gasteiger partial charge in [-0.2, -0.15) is 0 Å². The molecule has 1 aliphatic rings. The Labute approximate surface area is 73.7 Å². The van der Waals surface area contributed by atoms with E-state index in [1.165, 1.54) is 0 Å². The number of carbonyl (C=O) groups excluding carboxylic acids is 3. The molecule has 0 aromatic rings. The lowest BCUT2D eigenvalue weighted by Gasteiger charge is -2.18. The van der Waals surface area contributed by atoms with Crippen LogP contribution >= 0.6 is 0 Å². The summed E-state index contributed by atoms with van der Waals surface area (Å²) in [5.74, 6) is -4.35. The molecule has 0 spiro atoms. The molecule has 0 atom stereocenters. The highest BCUT2D eigenvalue weighted by molar-refractivity contribution is 6.13. The van der Waals surface area contributed by atoms with Crippen molar-refractivity contribution in [3.05, 3.63) is 0 Å². The minimum Gasteiger partial charge on any atom is -0.465 e. The average molecular weight is 188 g/mol. The van der Waals surface area contributed by atoms with Gasteiger partial charge in [-0.05, 0) is 6.92 Å². The van der Waals surface area contributed by atoms with Gasteiger partial charge < -0.3 is 14.2 Å². The predicted molar refractivity (Wildman–Crippen MR) is 37.2 cm³/mol. The van der Waals surface area contributed by atoms with Crippen LogP contribution in [0.15, 0.2) is 0 Å². The normalized spacial score (nSPS) is 17.6. The van der Waals surface area contributed by atoms with E-state index in [1.54, 1.807) is 6.92 Å². The number of cyclic esters (lactones) is 2. The lowest BCUT2D eigenvalue weighted by Crippen LogP contribution is -2.40. The maximum atomic E-state index is 11.0. The second-order valence-electron chi connectivity index (χ2n) is 2.23. The molecule has 6 heteroatoms. The first-order chi connectivity index (χ1) is 6.16. The summed E-state index contributed by atoms with van der Waals surface area (Å²) in [5, 5.41) is 0. The Morgan fingerprint density at radius 1 is 1.46 bits per heavy atom. The highest BCUT2D eigenvalue weighted by Gasteiger charge is 2.41. The zero-order chi connectivity index (χ0) is 9.84. The first-order valence-corrected chi connectivity index (χ1v) is 3.66. The van der Waals surface area contributed by atoms with Crippen molar-refractivity contribution in [2.75, 3.05) is 13.4 Å². The van der Waals surface area contributed by atoms with Crippen molar-refractivity contribution in [3.63, 3.8) is 0 Å². The molecular formula is C7H8O6. The summed E-state index contributed by atoms with van der Waals surface area (Å²) in [5.41, 5.74) is 0. The second-order valence-corrected chi connectivity index (χ2v) is 2.23. The van der Waals surface area contributed by atoms with E-state index in [0.29, 0.717) is 0 Å². The zero-order valence-corrected chi connectivity index (χ0v) is 6.94. The number of hydrogen-bond donors (Lipinski definition) is 0.